The van der Waals surface area contributed by atoms with Gasteiger partial charge in [0.1, 0.15) is 6.61 Å². The Balaban J connectivity index is 2.42. The van der Waals surface area contributed by atoms with Gasteiger partial charge >= 0.3 is 12.1 Å². The van der Waals surface area contributed by atoms with Gasteiger partial charge in [0.15, 0.2) is 5.60 Å². The molecule has 0 aliphatic rings. The van der Waals surface area contributed by atoms with Gasteiger partial charge in [0.05, 0.1) is 16.1 Å². The van der Waals surface area contributed by atoms with Gasteiger partial charge in [-0.15, -0.1) is 0 Å². The number of sulfonamides is 1. The second kappa shape index (κ2) is 9.22. The third-order valence-corrected chi connectivity index (χ3v) is 5.68. The van der Waals surface area contributed by atoms with Gasteiger partial charge in [-0.05, 0) is 69.2 Å². The number of rotatable bonds is 6. The molecule has 0 saturated carbocycles. The number of carboxylic acid groups (broad SMARTS) is 1. The molecule has 0 atom stereocenters. The number of benzene rings is 2. The summed E-state index contributed by atoms with van der Waals surface area (Å²) >= 11 is 0. The van der Waals surface area contributed by atoms with Crippen molar-refractivity contribution >= 4 is 21.7 Å². The maximum Gasteiger partial charge on any atom is 0.416 e. The van der Waals surface area contributed by atoms with E-state index in [9.17, 15) is 26.4 Å². The average molecular weight is 469 g/mol. The van der Waals surface area contributed by atoms with Crippen molar-refractivity contribution < 1.29 is 36.2 Å². The highest BCUT2D eigenvalue weighted by molar-refractivity contribution is 7.92. The summed E-state index contributed by atoms with van der Waals surface area (Å²) in [6.45, 7) is 5.65. The molecule has 0 radical (unpaired) electrons. The van der Waals surface area contributed by atoms with E-state index in [1.807, 2.05) is 0 Å². The predicted molar refractivity (Wildman–Crippen MR) is 113 cm³/mol. The van der Waals surface area contributed by atoms with Gasteiger partial charge in [-0.25, -0.2) is 13.2 Å². The van der Waals surface area contributed by atoms with E-state index in [0.29, 0.717) is 17.2 Å². The second-order valence-corrected chi connectivity index (χ2v) is 9.28. The van der Waals surface area contributed by atoms with Crippen LogP contribution in [0.1, 0.15) is 36.1 Å². The van der Waals surface area contributed by atoms with Crippen LogP contribution in [-0.4, -0.2) is 31.7 Å². The molecule has 0 aliphatic heterocycles. The van der Waals surface area contributed by atoms with Crippen molar-refractivity contribution in [2.24, 2.45) is 0 Å². The first-order chi connectivity index (χ1) is 14.6. The summed E-state index contributed by atoms with van der Waals surface area (Å²) < 4.78 is 72.4. The van der Waals surface area contributed by atoms with Crippen LogP contribution in [0.25, 0.3) is 0 Å². The Hall–Kier alpha value is -3.03. The van der Waals surface area contributed by atoms with Crippen LogP contribution in [0.15, 0.2) is 41.3 Å². The Labute approximate surface area is 184 Å². The number of aliphatic carboxylic acids is 1. The van der Waals surface area contributed by atoms with Gasteiger partial charge in [0, 0.05) is 5.56 Å². The number of nitrogens with one attached hydrogen (secondary N) is 1. The van der Waals surface area contributed by atoms with E-state index in [4.69, 9.17) is 9.84 Å². The van der Waals surface area contributed by atoms with Crippen LogP contribution in [0.5, 0.6) is 0 Å². The first kappa shape index (κ1) is 25.2. The molecule has 2 rings (SSSR count). The van der Waals surface area contributed by atoms with E-state index in [-0.39, 0.29) is 16.1 Å². The summed E-state index contributed by atoms with van der Waals surface area (Å²) in [5, 5.41) is 9.03. The normalized spacial score (nSPS) is 12.1. The Morgan fingerprint density at radius 1 is 1.09 bits per heavy atom. The number of carboxylic acids is 1. The van der Waals surface area contributed by atoms with Crippen LogP contribution >= 0.6 is 0 Å². The van der Waals surface area contributed by atoms with Crippen LogP contribution in [0.2, 0.25) is 0 Å². The summed E-state index contributed by atoms with van der Waals surface area (Å²) in [5.74, 6) is 3.64. The third-order valence-electron chi connectivity index (χ3n) is 4.34. The molecule has 0 saturated heterocycles. The van der Waals surface area contributed by atoms with E-state index in [0.717, 1.165) is 12.1 Å². The molecule has 6 nitrogen and oxygen atoms in total. The molecule has 32 heavy (non-hydrogen) atoms. The van der Waals surface area contributed by atoms with Gasteiger partial charge in [0.2, 0.25) is 0 Å². The van der Waals surface area contributed by atoms with Crippen LogP contribution in [0.3, 0.4) is 0 Å². The molecule has 2 aromatic carbocycles. The van der Waals surface area contributed by atoms with Crippen molar-refractivity contribution in [1.29, 1.82) is 0 Å². The number of anilines is 1. The summed E-state index contributed by atoms with van der Waals surface area (Å²) in [7, 11) is -4.10. The number of hydrogen-bond acceptors (Lipinski definition) is 4. The van der Waals surface area contributed by atoms with Gasteiger partial charge in [-0.3, -0.25) is 4.72 Å². The average Bonchev–Trinajstić information content (AvgIpc) is 2.64. The molecule has 0 amide bonds. The Kier molecular flexibility index (Phi) is 7.27. The van der Waals surface area contributed by atoms with E-state index >= 15 is 0 Å². The molecule has 0 fully saturated rings. The van der Waals surface area contributed by atoms with Crippen molar-refractivity contribution in [1.82, 2.24) is 0 Å². The molecule has 0 aromatic heterocycles. The second-order valence-electron chi connectivity index (χ2n) is 7.59. The van der Waals surface area contributed by atoms with Gasteiger partial charge < -0.3 is 9.84 Å². The van der Waals surface area contributed by atoms with Crippen molar-refractivity contribution in [2.75, 3.05) is 11.3 Å². The largest absolute Gasteiger partial charge is 0.479 e. The zero-order valence-corrected chi connectivity index (χ0v) is 18.6. The Morgan fingerprint density at radius 2 is 1.69 bits per heavy atom. The fraction of sp³-hybridized carbons (Fsp3) is 0.318. The zero-order valence-electron chi connectivity index (χ0n) is 17.8. The Morgan fingerprint density at radius 3 is 2.22 bits per heavy atom. The van der Waals surface area contributed by atoms with Crippen LogP contribution in [0.4, 0.5) is 18.9 Å². The quantitative estimate of drug-likeness (QED) is 0.614. The summed E-state index contributed by atoms with van der Waals surface area (Å²) in [6.07, 6.45) is -4.66. The third kappa shape index (κ3) is 6.48. The summed E-state index contributed by atoms with van der Waals surface area (Å²) in [5.41, 5.74) is -1.53. The van der Waals surface area contributed by atoms with Crippen LogP contribution in [0, 0.1) is 25.7 Å². The van der Waals surface area contributed by atoms with Crippen molar-refractivity contribution in [3.05, 3.63) is 58.7 Å². The van der Waals surface area contributed by atoms with E-state index in [1.165, 1.54) is 26.0 Å². The summed E-state index contributed by atoms with van der Waals surface area (Å²) in [4.78, 5) is 11.0. The maximum absolute atomic E-state index is 13.1. The number of halogens is 3. The molecule has 172 valence electrons. The lowest BCUT2D eigenvalue weighted by Gasteiger charge is -2.17. The number of ether oxygens (including phenoxy) is 1. The fourth-order valence-electron chi connectivity index (χ4n) is 2.61. The van der Waals surface area contributed by atoms with Gasteiger partial charge in [-0.1, -0.05) is 17.9 Å². The molecule has 0 bridgehead atoms. The number of aryl methyl sites for hydroxylation is 2. The highest BCUT2D eigenvalue weighted by atomic mass is 32.2. The zero-order chi connectivity index (χ0) is 24.3. The molecule has 0 aliphatic carbocycles. The van der Waals surface area contributed by atoms with Crippen molar-refractivity contribution in [3.8, 4) is 11.8 Å². The van der Waals surface area contributed by atoms with E-state index in [2.05, 4.69) is 16.6 Å². The van der Waals surface area contributed by atoms with Crippen molar-refractivity contribution in [3.63, 3.8) is 0 Å². The topological polar surface area (TPSA) is 92.7 Å². The minimum Gasteiger partial charge on any atom is -0.479 e. The summed E-state index contributed by atoms with van der Waals surface area (Å²) in [6, 6.07) is 7.10. The number of hydrogen-bond donors (Lipinski definition) is 2. The number of alkyl halides is 3. The SMILES string of the molecule is Cc1cc(C)cc(S(=O)(=O)Nc2ccc(C(F)(F)F)cc2C#CCOC(C)(C)C(=O)O)c1. The van der Waals surface area contributed by atoms with E-state index < -0.39 is 39.9 Å². The van der Waals surface area contributed by atoms with Gasteiger partial charge in [-0.2, -0.15) is 13.2 Å². The fourth-order valence-corrected chi connectivity index (χ4v) is 3.88. The highest BCUT2D eigenvalue weighted by Crippen LogP contribution is 2.32. The first-order valence-corrected chi connectivity index (χ1v) is 10.8. The molecule has 2 N–H and O–H groups in total. The molecular weight excluding hydrogens is 447 g/mol. The van der Waals surface area contributed by atoms with E-state index in [1.54, 1.807) is 19.9 Å². The van der Waals surface area contributed by atoms with Crippen LogP contribution < -0.4 is 4.72 Å². The molecule has 0 heterocycles. The van der Waals surface area contributed by atoms with Gasteiger partial charge in [0.25, 0.3) is 10.0 Å². The molecular formula is C22H22F3NO5S. The predicted octanol–water partition coefficient (Wildman–Crippen LogP) is 4.35. The lowest BCUT2D eigenvalue weighted by molar-refractivity contribution is -0.159. The molecule has 10 heteroatoms. The van der Waals surface area contributed by atoms with Crippen LogP contribution in [-0.2, 0) is 25.7 Å². The smallest absolute Gasteiger partial charge is 0.416 e. The minimum absolute atomic E-state index is 0.0413. The van der Waals surface area contributed by atoms with Crippen molar-refractivity contribution in [2.45, 2.75) is 44.4 Å². The molecule has 0 spiro atoms. The first-order valence-electron chi connectivity index (χ1n) is 9.30. The lowest BCUT2D eigenvalue weighted by Crippen LogP contribution is -2.34. The molecule has 2 aromatic rings. The monoisotopic (exact) mass is 469 g/mol. The number of carbonyl (C=O) groups is 1. The lowest BCUT2D eigenvalue weighted by atomic mass is 10.1. The minimum atomic E-state index is -4.66. The molecule has 0 unspecified atom stereocenters. The standard InChI is InChI=1S/C22H22F3NO5S/c1-14-10-15(2)12-18(11-14)32(29,30)26-19-8-7-17(22(23,24)25)13-16(19)6-5-9-31-21(3,4)20(27)28/h7-8,10-13,26H,9H2,1-4H3,(H,27,28). The highest BCUT2D eigenvalue weighted by Gasteiger charge is 2.31. The maximum atomic E-state index is 13.1. The Bertz CT molecular complexity index is 1170.